The Hall–Kier alpha value is -1.83. The first-order chi connectivity index (χ1) is 11.0. The van der Waals surface area contributed by atoms with Crippen molar-refractivity contribution in [2.75, 3.05) is 5.32 Å². The molecule has 0 bridgehead atoms. The number of nitrogens with zero attached hydrogens (tertiary/aromatic N) is 3. The number of fused-ring (bicyclic) bond motifs is 1. The van der Waals surface area contributed by atoms with E-state index in [-0.39, 0.29) is 11.2 Å². The molecule has 0 unspecified atom stereocenters. The lowest BCUT2D eigenvalue weighted by atomic mass is 10.3. The molecule has 0 aliphatic heterocycles. The number of amides is 1. The molecule has 3 rings (SSSR count). The molecule has 3 aromatic rings. The van der Waals surface area contributed by atoms with E-state index in [0.29, 0.717) is 31.9 Å². The monoisotopic (exact) mass is 367 g/mol. The molecule has 0 radical (unpaired) electrons. The average molecular weight is 368 g/mol. The number of hydrogen-bond acceptors (Lipinski definition) is 5. The third-order valence-corrected chi connectivity index (χ3v) is 4.51. The van der Waals surface area contributed by atoms with Crippen molar-refractivity contribution in [3.05, 3.63) is 40.9 Å². The normalized spacial score (nSPS) is 12.3. The van der Waals surface area contributed by atoms with E-state index in [9.17, 15) is 4.79 Å². The molecule has 0 aliphatic rings. The minimum atomic E-state index is -0.380. The fourth-order valence-electron chi connectivity index (χ4n) is 1.92. The smallest absolute Gasteiger partial charge is 0.237 e. The van der Waals surface area contributed by atoms with Gasteiger partial charge >= 0.3 is 0 Å². The predicted molar refractivity (Wildman–Crippen MR) is 92.1 cm³/mol. The standard InChI is InChI=1S/C14H11Cl2N5OS/c1-7(13(22)21-10-3-8(15)2-9(16)4-10)23-14-11-12(18-5-17-11)19-6-20-14/h2-7H,1H3,(H,21,22)(H,17,18,19,20)/t7-/m0/s1. The van der Waals surface area contributed by atoms with E-state index in [1.54, 1.807) is 31.5 Å². The summed E-state index contributed by atoms with van der Waals surface area (Å²) in [6.07, 6.45) is 2.97. The molecule has 0 fully saturated rings. The Morgan fingerprint density at radius 1 is 1.22 bits per heavy atom. The molecule has 1 atom stereocenters. The molecule has 118 valence electrons. The highest BCUT2D eigenvalue weighted by Gasteiger charge is 2.18. The predicted octanol–water partition coefficient (Wildman–Crippen LogP) is 3.78. The van der Waals surface area contributed by atoms with Crippen LogP contribution >= 0.6 is 35.0 Å². The van der Waals surface area contributed by atoms with Crippen molar-refractivity contribution in [1.82, 2.24) is 19.9 Å². The molecule has 2 N–H and O–H groups in total. The first-order valence-corrected chi connectivity index (χ1v) is 8.24. The zero-order chi connectivity index (χ0) is 16.4. The lowest BCUT2D eigenvalue weighted by Crippen LogP contribution is -2.22. The van der Waals surface area contributed by atoms with Crippen molar-refractivity contribution in [1.29, 1.82) is 0 Å². The number of nitrogens with one attached hydrogen (secondary N) is 2. The number of carbonyl (C=O) groups excluding carboxylic acids is 1. The average Bonchev–Trinajstić information content (AvgIpc) is 2.95. The molecule has 2 heterocycles. The maximum absolute atomic E-state index is 12.3. The summed E-state index contributed by atoms with van der Waals surface area (Å²) >= 11 is 13.2. The summed E-state index contributed by atoms with van der Waals surface area (Å²) in [5.41, 5.74) is 1.83. The molecule has 1 amide bonds. The summed E-state index contributed by atoms with van der Waals surface area (Å²) < 4.78 is 0. The Morgan fingerprint density at radius 3 is 2.70 bits per heavy atom. The lowest BCUT2D eigenvalue weighted by Gasteiger charge is -2.12. The highest BCUT2D eigenvalue weighted by Crippen LogP contribution is 2.28. The van der Waals surface area contributed by atoms with Gasteiger partial charge in [-0.1, -0.05) is 35.0 Å². The Kier molecular flexibility index (Phi) is 4.70. The Balaban J connectivity index is 1.73. The zero-order valence-corrected chi connectivity index (χ0v) is 14.2. The number of anilines is 1. The van der Waals surface area contributed by atoms with Crippen LogP contribution in [0, 0.1) is 0 Å². The first kappa shape index (κ1) is 16.0. The van der Waals surface area contributed by atoms with Gasteiger partial charge in [-0.05, 0) is 25.1 Å². The van der Waals surface area contributed by atoms with Crippen LogP contribution < -0.4 is 5.32 Å². The minimum absolute atomic E-state index is 0.181. The topological polar surface area (TPSA) is 83.6 Å². The number of rotatable bonds is 4. The van der Waals surface area contributed by atoms with Crippen LogP contribution in [-0.4, -0.2) is 31.1 Å². The summed E-state index contributed by atoms with van der Waals surface area (Å²) in [7, 11) is 0. The molecule has 0 saturated carbocycles. The SMILES string of the molecule is C[C@H](Sc1ncnc2nc[nH]c12)C(=O)Nc1cc(Cl)cc(Cl)c1. The van der Waals surface area contributed by atoms with Gasteiger partial charge in [-0.3, -0.25) is 4.79 Å². The van der Waals surface area contributed by atoms with Crippen LogP contribution in [0.4, 0.5) is 5.69 Å². The maximum Gasteiger partial charge on any atom is 0.237 e. The van der Waals surface area contributed by atoms with Crippen LogP contribution in [0.5, 0.6) is 0 Å². The number of benzene rings is 1. The van der Waals surface area contributed by atoms with Gasteiger partial charge in [0.05, 0.1) is 11.6 Å². The summed E-state index contributed by atoms with van der Waals surface area (Å²) in [6.45, 7) is 1.79. The fourth-order valence-corrected chi connectivity index (χ4v) is 3.33. The van der Waals surface area contributed by atoms with Gasteiger partial charge in [0, 0.05) is 15.7 Å². The van der Waals surface area contributed by atoms with E-state index in [0.717, 1.165) is 0 Å². The second kappa shape index (κ2) is 6.74. The third kappa shape index (κ3) is 3.74. The number of imidazole rings is 1. The second-order valence-corrected chi connectivity index (χ2v) is 6.89. The molecule has 0 spiro atoms. The van der Waals surface area contributed by atoms with Gasteiger partial charge in [0.1, 0.15) is 16.9 Å². The molecule has 9 heteroatoms. The fraction of sp³-hybridized carbons (Fsp3) is 0.143. The number of thioether (sulfide) groups is 1. The number of halogens is 2. The Bertz CT molecular complexity index is 849. The van der Waals surface area contributed by atoms with E-state index < -0.39 is 0 Å². The number of aromatic amines is 1. The van der Waals surface area contributed by atoms with Crippen molar-refractivity contribution in [2.45, 2.75) is 17.2 Å². The number of H-pyrrole nitrogens is 1. The van der Waals surface area contributed by atoms with Gasteiger partial charge in [-0.25, -0.2) is 15.0 Å². The van der Waals surface area contributed by atoms with E-state index in [1.165, 1.54) is 18.1 Å². The van der Waals surface area contributed by atoms with E-state index >= 15 is 0 Å². The molecular formula is C14H11Cl2N5OS. The van der Waals surface area contributed by atoms with Gasteiger partial charge in [0.2, 0.25) is 5.91 Å². The molecule has 0 aliphatic carbocycles. The largest absolute Gasteiger partial charge is 0.341 e. The molecule has 2 aromatic heterocycles. The van der Waals surface area contributed by atoms with Crippen molar-refractivity contribution >= 4 is 57.7 Å². The van der Waals surface area contributed by atoms with E-state index in [1.807, 2.05) is 0 Å². The highest BCUT2D eigenvalue weighted by molar-refractivity contribution is 8.00. The van der Waals surface area contributed by atoms with Gasteiger partial charge in [-0.2, -0.15) is 0 Å². The highest BCUT2D eigenvalue weighted by atomic mass is 35.5. The van der Waals surface area contributed by atoms with Gasteiger partial charge in [0.25, 0.3) is 0 Å². The summed E-state index contributed by atoms with van der Waals surface area (Å²) in [6, 6.07) is 4.88. The van der Waals surface area contributed by atoms with Crippen LogP contribution in [0.2, 0.25) is 10.0 Å². The molecular weight excluding hydrogens is 357 g/mol. The van der Waals surface area contributed by atoms with Crippen molar-refractivity contribution in [3.8, 4) is 0 Å². The van der Waals surface area contributed by atoms with Crippen molar-refractivity contribution < 1.29 is 4.79 Å². The zero-order valence-electron chi connectivity index (χ0n) is 11.9. The van der Waals surface area contributed by atoms with Crippen LogP contribution in [0.1, 0.15) is 6.92 Å². The van der Waals surface area contributed by atoms with Crippen LogP contribution in [0.15, 0.2) is 35.9 Å². The van der Waals surface area contributed by atoms with Gasteiger partial charge in [-0.15, -0.1) is 0 Å². The Labute approximate surface area is 146 Å². The Morgan fingerprint density at radius 2 is 1.96 bits per heavy atom. The lowest BCUT2D eigenvalue weighted by molar-refractivity contribution is -0.115. The summed E-state index contributed by atoms with van der Waals surface area (Å²) in [5.74, 6) is -0.181. The summed E-state index contributed by atoms with van der Waals surface area (Å²) in [5, 5.41) is 4.00. The third-order valence-electron chi connectivity index (χ3n) is 2.98. The van der Waals surface area contributed by atoms with Crippen molar-refractivity contribution in [3.63, 3.8) is 0 Å². The molecule has 1 aromatic carbocycles. The molecule has 0 saturated heterocycles. The quantitative estimate of drug-likeness (QED) is 0.541. The van der Waals surface area contributed by atoms with Crippen LogP contribution in [0.3, 0.4) is 0 Å². The number of aromatic nitrogens is 4. The van der Waals surface area contributed by atoms with Crippen molar-refractivity contribution in [2.24, 2.45) is 0 Å². The number of hydrogen-bond donors (Lipinski definition) is 2. The second-order valence-electron chi connectivity index (χ2n) is 4.69. The number of carbonyl (C=O) groups is 1. The molecule has 6 nitrogen and oxygen atoms in total. The maximum atomic E-state index is 12.3. The van der Waals surface area contributed by atoms with E-state index in [4.69, 9.17) is 23.2 Å². The van der Waals surface area contributed by atoms with Gasteiger partial charge in [0.15, 0.2) is 5.65 Å². The molecule has 23 heavy (non-hydrogen) atoms. The van der Waals surface area contributed by atoms with Crippen LogP contribution in [-0.2, 0) is 4.79 Å². The van der Waals surface area contributed by atoms with E-state index in [2.05, 4.69) is 25.3 Å². The van der Waals surface area contributed by atoms with Crippen LogP contribution in [0.25, 0.3) is 11.2 Å². The summed E-state index contributed by atoms with van der Waals surface area (Å²) in [4.78, 5) is 27.6. The van der Waals surface area contributed by atoms with Gasteiger partial charge < -0.3 is 10.3 Å². The minimum Gasteiger partial charge on any atom is -0.341 e. The first-order valence-electron chi connectivity index (χ1n) is 6.60.